The summed E-state index contributed by atoms with van der Waals surface area (Å²) >= 11 is 0. The van der Waals surface area contributed by atoms with Gasteiger partial charge >= 0.3 is 5.97 Å². The lowest BCUT2D eigenvalue weighted by atomic mass is 9.94. The van der Waals surface area contributed by atoms with Crippen molar-refractivity contribution in [1.82, 2.24) is 4.98 Å². The van der Waals surface area contributed by atoms with Crippen LogP contribution in [0.5, 0.6) is 0 Å². The van der Waals surface area contributed by atoms with Crippen molar-refractivity contribution in [2.24, 2.45) is 0 Å². The zero-order chi connectivity index (χ0) is 10.3. The summed E-state index contributed by atoms with van der Waals surface area (Å²) in [7, 11) is 0. The van der Waals surface area contributed by atoms with Crippen LogP contribution in [0.3, 0.4) is 0 Å². The van der Waals surface area contributed by atoms with E-state index in [2.05, 4.69) is 4.98 Å². The molecule has 74 valence electrons. The summed E-state index contributed by atoms with van der Waals surface area (Å²) in [5.41, 5.74) is 6.85. The molecule has 2 heterocycles. The molecule has 0 bridgehead atoms. The Hall–Kier alpha value is -1.58. The highest BCUT2D eigenvalue weighted by molar-refractivity contribution is 5.92. The third-order valence-corrected chi connectivity index (χ3v) is 2.59. The number of nitrogens with zero attached hydrogens (tertiary/aromatic N) is 1. The fraction of sp³-hybridized carbons (Fsp3) is 0.400. The minimum absolute atomic E-state index is 0.103. The van der Waals surface area contributed by atoms with Crippen LogP contribution in [0.15, 0.2) is 12.1 Å². The summed E-state index contributed by atoms with van der Waals surface area (Å²) in [6.07, 6.45) is -0.135. The highest BCUT2D eigenvalue weighted by Gasteiger charge is 2.31. The lowest BCUT2D eigenvalue weighted by Gasteiger charge is -2.27. The van der Waals surface area contributed by atoms with Crippen molar-refractivity contribution < 1.29 is 9.53 Å². The van der Waals surface area contributed by atoms with Gasteiger partial charge in [0.15, 0.2) is 0 Å². The van der Waals surface area contributed by atoms with Crippen molar-refractivity contribution >= 4 is 11.8 Å². The number of hydrogen-bond acceptors (Lipinski definition) is 4. The van der Waals surface area contributed by atoms with Crippen molar-refractivity contribution in [3.8, 4) is 0 Å². The van der Waals surface area contributed by atoms with Crippen molar-refractivity contribution in [1.29, 1.82) is 0 Å². The first kappa shape index (κ1) is 8.99. The molecule has 0 saturated carbocycles. The van der Waals surface area contributed by atoms with E-state index in [1.807, 2.05) is 13.8 Å². The van der Waals surface area contributed by atoms with Gasteiger partial charge in [-0.1, -0.05) is 6.92 Å². The second-order valence-electron chi connectivity index (χ2n) is 3.57. The van der Waals surface area contributed by atoms with Crippen LogP contribution in [0.25, 0.3) is 0 Å². The minimum Gasteiger partial charge on any atom is -0.458 e. The Morgan fingerprint density at radius 3 is 2.86 bits per heavy atom. The molecule has 0 fully saturated rings. The molecule has 0 unspecified atom stereocenters. The Balaban J connectivity index is 2.56. The van der Waals surface area contributed by atoms with Gasteiger partial charge in [0.05, 0.1) is 11.3 Å². The molecule has 0 aromatic carbocycles. The Morgan fingerprint density at radius 1 is 1.43 bits per heavy atom. The van der Waals surface area contributed by atoms with E-state index in [0.29, 0.717) is 11.4 Å². The smallest absolute Gasteiger partial charge is 0.340 e. The Morgan fingerprint density at radius 2 is 2.14 bits per heavy atom. The van der Waals surface area contributed by atoms with Crippen LogP contribution in [-0.2, 0) is 4.74 Å². The van der Waals surface area contributed by atoms with Crippen LogP contribution in [0.4, 0.5) is 5.82 Å². The first-order valence-electron chi connectivity index (χ1n) is 4.57. The number of anilines is 1. The third kappa shape index (κ3) is 1.23. The fourth-order valence-electron chi connectivity index (χ4n) is 1.57. The summed E-state index contributed by atoms with van der Waals surface area (Å²) in [6, 6.07) is 3.28. The van der Waals surface area contributed by atoms with Crippen LogP contribution in [0.2, 0.25) is 0 Å². The number of carbonyl (C=O) groups excluding carboxylic acids is 1. The molecule has 2 N–H and O–H groups in total. The van der Waals surface area contributed by atoms with Gasteiger partial charge in [-0.15, -0.1) is 0 Å². The number of hydrogen-bond donors (Lipinski definition) is 1. The van der Waals surface area contributed by atoms with E-state index in [0.717, 1.165) is 5.69 Å². The SMILES string of the molecule is C[C@@H]1OC(=O)c2ccc(N)nc2[C@H]1C. The molecule has 1 aromatic rings. The summed E-state index contributed by atoms with van der Waals surface area (Å²) in [6.45, 7) is 3.83. The van der Waals surface area contributed by atoms with Gasteiger partial charge in [-0.2, -0.15) is 0 Å². The topological polar surface area (TPSA) is 65.2 Å². The van der Waals surface area contributed by atoms with E-state index >= 15 is 0 Å². The first-order chi connectivity index (χ1) is 6.59. The molecular formula is C10H12N2O2. The van der Waals surface area contributed by atoms with Crippen LogP contribution in [-0.4, -0.2) is 17.1 Å². The standard InChI is InChI=1S/C10H12N2O2/c1-5-6(2)14-10(13)7-3-4-8(11)12-9(5)7/h3-6H,1-2H3,(H2,11,12)/t5-,6-/m0/s1. The molecule has 1 aromatic heterocycles. The predicted octanol–water partition coefficient (Wildman–Crippen LogP) is 1.33. The van der Waals surface area contributed by atoms with E-state index in [1.54, 1.807) is 12.1 Å². The quantitative estimate of drug-likeness (QED) is 0.630. The van der Waals surface area contributed by atoms with Gasteiger partial charge in [-0.3, -0.25) is 0 Å². The molecule has 2 atom stereocenters. The number of aromatic nitrogens is 1. The van der Waals surface area contributed by atoms with Gasteiger partial charge in [0.1, 0.15) is 11.9 Å². The van der Waals surface area contributed by atoms with Crippen LogP contribution in [0.1, 0.15) is 35.8 Å². The molecule has 0 aliphatic carbocycles. The second-order valence-corrected chi connectivity index (χ2v) is 3.57. The normalized spacial score (nSPS) is 25.4. The molecule has 0 radical (unpaired) electrons. The lowest BCUT2D eigenvalue weighted by molar-refractivity contribution is 0.0235. The number of esters is 1. The van der Waals surface area contributed by atoms with E-state index in [-0.39, 0.29) is 18.0 Å². The number of nitrogens with two attached hydrogens (primary N) is 1. The first-order valence-corrected chi connectivity index (χ1v) is 4.57. The second kappa shape index (κ2) is 2.97. The zero-order valence-corrected chi connectivity index (χ0v) is 8.15. The maximum atomic E-state index is 11.4. The zero-order valence-electron chi connectivity index (χ0n) is 8.15. The van der Waals surface area contributed by atoms with Crippen LogP contribution >= 0.6 is 0 Å². The van der Waals surface area contributed by atoms with Gasteiger partial charge < -0.3 is 10.5 Å². The maximum Gasteiger partial charge on any atom is 0.340 e. The number of fused-ring (bicyclic) bond motifs is 1. The Bertz CT molecular complexity index is 390. The van der Waals surface area contributed by atoms with Crippen molar-refractivity contribution in [2.45, 2.75) is 25.9 Å². The number of pyridine rings is 1. The number of carbonyl (C=O) groups is 1. The predicted molar refractivity (Wildman–Crippen MR) is 51.9 cm³/mol. The van der Waals surface area contributed by atoms with Gasteiger partial charge in [-0.25, -0.2) is 9.78 Å². The number of ether oxygens (including phenoxy) is 1. The van der Waals surface area contributed by atoms with Crippen molar-refractivity contribution in [3.05, 3.63) is 23.4 Å². The van der Waals surface area contributed by atoms with Gasteiger partial charge in [0, 0.05) is 5.92 Å². The summed E-state index contributed by atoms with van der Waals surface area (Å²) in [5.74, 6) is 0.238. The molecule has 4 nitrogen and oxygen atoms in total. The molecule has 4 heteroatoms. The molecule has 1 aliphatic heterocycles. The lowest BCUT2D eigenvalue weighted by Crippen LogP contribution is -2.29. The van der Waals surface area contributed by atoms with Crippen molar-refractivity contribution in [2.75, 3.05) is 5.73 Å². The highest BCUT2D eigenvalue weighted by Crippen LogP contribution is 2.29. The van der Waals surface area contributed by atoms with E-state index in [9.17, 15) is 4.79 Å². The van der Waals surface area contributed by atoms with Crippen LogP contribution in [0, 0.1) is 0 Å². The largest absolute Gasteiger partial charge is 0.458 e. The molecule has 0 saturated heterocycles. The molecular weight excluding hydrogens is 180 g/mol. The summed E-state index contributed by atoms with van der Waals surface area (Å²) in [5, 5.41) is 0. The van der Waals surface area contributed by atoms with E-state index in [4.69, 9.17) is 10.5 Å². The minimum atomic E-state index is -0.307. The van der Waals surface area contributed by atoms with Gasteiger partial charge in [0.25, 0.3) is 0 Å². The molecule has 0 spiro atoms. The number of rotatable bonds is 0. The average Bonchev–Trinajstić information content (AvgIpc) is 2.14. The molecule has 0 amide bonds. The third-order valence-electron chi connectivity index (χ3n) is 2.59. The summed E-state index contributed by atoms with van der Waals surface area (Å²) in [4.78, 5) is 15.6. The van der Waals surface area contributed by atoms with E-state index < -0.39 is 0 Å². The van der Waals surface area contributed by atoms with Crippen molar-refractivity contribution in [3.63, 3.8) is 0 Å². The molecule has 2 rings (SSSR count). The van der Waals surface area contributed by atoms with E-state index in [1.165, 1.54) is 0 Å². The molecule has 1 aliphatic rings. The van der Waals surface area contributed by atoms with Crippen LogP contribution < -0.4 is 5.73 Å². The van der Waals surface area contributed by atoms with Gasteiger partial charge in [0.2, 0.25) is 0 Å². The maximum absolute atomic E-state index is 11.4. The average molecular weight is 192 g/mol. The molecule has 14 heavy (non-hydrogen) atoms. The van der Waals surface area contributed by atoms with Gasteiger partial charge in [-0.05, 0) is 19.1 Å². The summed E-state index contributed by atoms with van der Waals surface area (Å²) < 4.78 is 5.15. The fourth-order valence-corrected chi connectivity index (χ4v) is 1.57. The Labute approximate surface area is 82.1 Å². The monoisotopic (exact) mass is 192 g/mol. The number of nitrogen functional groups attached to an aromatic ring is 1. The Kier molecular flexibility index (Phi) is 1.91. The highest BCUT2D eigenvalue weighted by atomic mass is 16.5. The number of cyclic esters (lactones) is 1.